The van der Waals surface area contributed by atoms with Crippen molar-refractivity contribution in [3.05, 3.63) is 66.1 Å². The standard InChI is InChI=1S/C25H29FN2O3S/c1-2-28(21-11-4-3-5-12-21)25(29)17-27-16-24(22-13-6-7-14-23(22)27)32(30,31)18-19-9-8-10-20(26)15-19/h6-10,13-16,21H,2-5,11-12,17-18H2,1H3. The fourth-order valence-corrected chi connectivity index (χ4v) is 6.35. The van der Waals surface area contributed by atoms with Gasteiger partial charge in [-0.25, -0.2) is 12.8 Å². The van der Waals surface area contributed by atoms with Crippen LogP contribution in [0.5, 0.6) is 0 Å². The van der Waals surface area contributed by atoms with E-state index in [2.05, 4.69) is 0 Å². The lowest BCUT2D eigenvalue weighted by molar-refractivity contribution is -0.134. The van der Waals surface area contributed by atoms with Gasteiger partial charge in [-0.15, -0.1) is 0 Å². The number of amides is 1. The average Bonchev–Trinajstić information content (AvgIpc) is 3.14. The number of sulfone groups is 1. The Labute approximate surface area is 188 Å². The molecule has 1 saturated carbocycles. The van der Waals surface area contributed by atoms with Crippen molar-refractivity contribution in [3.8, 4) is 0 Å². The number of nitrogens with zero attached hydrogens (tertiary/aromatic N) is 2. The second-order valence-electron chi connectivity index (χ2n) is 8.50. The van der Waals surface area contributed by atoms with E-state index in [0.717, 1.165) is 25.7 Å². The number of aromatic nitrogens is 1. The quantitative estimate of drug-likeness (QED) is 0.506. The summed E-state index contributed by atoms with van der Waals surface area (Å²) in [6.07, 6.45) is 7.12. The summed E-state index contributed by atoms with van der Waals surface area (Å²) >= 11 is 0. The Balaban J connectivity index is 1.64. The molecule has 0 unspecified atom stereocenters. The van der Waals surface area contributed by atoms with Crippen LogP contribution in [0.15, 0.2) is 59.6 Å². The molecule has 0 spiro atoms. The first-order chi connectivity index (χ1) is 15.4. The fraction of sp³-hybridized carbons (Fsp3) is 0.400. The molecule has 1 aliphatic carbocycles. The molecule has 1 fully saturated rings. The Morgan fingerprint density at radius 3 is 2.56 bits per heavy atom. The van der Waals surface area contributed by atoms with Crippen molar-refractivity contribution < 1.29 is 17.6 Å². The van der Waals surface area contributed by atoms with Crippen molar-refractivity contribution in [3.63, 3.8) is 0 Å². The highest BCUT2D eigenvalue weighted by Gasteiger charge is 2.26. The third kappa shape index (κ3) is 4.72. The zero-order valence-electron chi connectivity index (χ0n) is 18.3. The molecule has 0 N–H and O–H groups in total. The molecule has 170 valence electrons. The predicted octanol–water partition coefficient (Wildman–Crippen LogP) is 4.94. The first-order valence-corrected chi connectivity index (χ1v) is 12.9. The molecule has 0 radical (unpaired) electrons. The number of fused-ring (bicyclic) bond motifs is 1. The van der Waals surface area contributed by atoms with Crippen molar-refractivity contribution in [1.29, 1.82) is 0 Å². The molecule has 0 atom stereocenters. The van der Waals surface area contributed by atoms with E-state index < -0.39 is 15.7 Å². The number of para-hydroxylation sites is 1. The Bertz CT molecular complexity index is 1210. The number of hydrogen-bond acceptors (Lipinski definition) is 3. The second-order valence-corrected chi connectivity index (χ2v) is 10.5. The van der Waals surface area contributed by atoms with E-state index in [9.17, 15) is 17.6 Å². The maximum atomic E-state index is 13.6. The largest absolute Gasteiger partial charge is 0.338 e. The molecule has 0 aliphatic heterocycles. The van der Waals surface area contributed by atoms with Crippen LogP contribution in [-0.4, -0.2) is 36.4 Å². The Morgan fingerprint density at radius 1 is 1.09 bits per heavy atom. The molecule has 0 saturated heterocycles. The lowest BCUT2D eigenvalue weighted by Crippen LogP contribution is -2.42. The Kier molecular flexibility index (Phi) is 6.65. The van der Waals surface area contributed by atoms with Gasteiger partial charge in [0, 0.05) is 29.7 Å². The minimum atomic E-state index is -3.73. The monoisotopic (exact) mass is 456 g/mol. The molecule has 1 heterocycles. The smallest absolute Gasteiger partial charge is 0.242 e. The third-order valence-corrected chi connectivity index (χ3v) is 8.02. The molecule has 7 heteroatoms. The average molecular weight is 457 g/mol. The molecule has 1 aromatic heterocycles. The molecule has 0 bridgehead atoms. The number of likely N-dealkylation sites (N-methyl/N-ethyl adjacent to an activating group) is 1. The molecular formula is C25H29FN2O3S. The van der Waals surface area contributed by atoms with E-state index >= 15 is 0 Å². The number of carbonyl (C=O) groups is 1. The Hall–Kier alpha value is -2.67. The summed E-state index contributed by atoms with van der Waals surface area (Å²) in [5, 5.41) is 0.581. The van der Waals surface area contributed by atoms with Gasteiger partial charge < -0.3 is 9.47 Å². The normalized spacial score (nSPS) is 15.2. The van der Waals surface area contributed by atoms with Gasteiger partial charge in [-0.1, -0.05) is 49.6 Å². The predicted molar refractivity (Wildman–Crippen MR) is 123 cm³/mol. The topological polar surface area (TPSA) is 59.4 Å². The highest BCUT2D eigenvalue weighted by molar-refractivity contribution is 7.90. The van der Waals surface area contributed by atoms with Crippen LogP contribution in [0.25, 0.3) is 10.9 Å². The van der Waals surface area contributed by atoms with Gasteiger partial charge in [0.2, 0.25) is 5.91 Å². The van der Waals surface area contributed by atoms with Crippen LogP contribution in [0.4, 0.5) is 4.39 Å². The van der Waals surface area contributed by atoms with Crippen LogP contribution < -0.4 is 0 Å². The van der Waals surface area contributed by atoms with E-state index in [1.54, 1.807) is 29.0 Å². The highest BCUT2D eigenvalue weighted by atomic mass is 32.2. The summed E-state index contributed by atoms with van der Waals surface area (Å²) < 4.78 is 41.8. The molecular weight excluding hydrogens is 427 g/mol. The summed E-state index contributed by atoms with van der Waals surface area (Å²) in [4.78, 5) is 15.3. The van der Waals surface area contributed by atoms with Crippen molar-refractivity contribution >= 4 is 26.6 Å². The lowest BCUT2D eigenvalue weighted by atomic mass is 9.94. The van der Waals surface area contributed by atoms with E-state index in [1.807, 2.05) is 24.0 Å². The van der Waals surface area contributed by atoms with Crippen molar-refractivity contribution in [2.45, 2.75) is 62.3 Å². The van der Waals surface area contributed by atoms with E-state index in [-0.39, 0.29) is 29.1 Å². The zero-order chi connectivity index (χ0) is 22.7. The van der Waals surface area contributed by atoms with Gasteiger partial charge in [0.25, 0.3) is 0 Å². The molecule has 2 aromatic carbocycles. The third-order valence-electron chi connectivity index (χ3n) is 6.31. The molecule has 3 aromatic rings. The maximum absolute atomic E-state index is 13.6. The molecule has 1 amide bonds. The summed E-state index contributed by atoms with van der Waals surface area (Å²) in [7, 11) is -3.73. The van der Waals surface area contributed by atoms with Gasteiger partial charge in [-0.3, -0.25) is 4.79 Å². The van der Waals surface area contributed by atoms with Crippen LogP contribution >= 0.6 is 0 Å². The molecule has 5 nitrogen and oxygen atoms in total. The number of hydrogen-bond donors (Lipinski definition) is 0. The van der Waals surface area contributed by atoms with Crippen LogP contribution in [0, 0.1) is 5.82 Å². The summed E-state index contributed by atoms with van der Waals surface area (Å²) in [6.45, 7) is 2.74. The van der Waals surface area contributed by atoms with Gasteiger partial charge >= 0.3 is 0 Å². The first-order valence-electron chi connectivity index (χ1n) is 11.2. The van der Waals surface area contributed by atoms with Crippen molar-refractivity contribution in [2.75, 3.05) is 6.54 Å². The van der Waals surface area contributed by atoms with Gasteiger partial charge in [0.05, 0.1) is 10.6 Å². The van der Waals surface area contributed by atoms with Gasteiger partial charge in [0.1, 0.15) is 12.4 Å². The van der Waals surface area contributed by atoms with Crippen LogP contribution in [0.1, 0.15) is 44.6 Å². The number of benzene rings is 2. The summed E-state index contributed by atoms with van der Waals surface area (Å²) in [6, 6.07) is 13.1. The number of rotatable bonds is 7. The number of halogens is 1. The van der Waals surface area contributed by atoms with Gasteiger partial charge in [-0.2, -0.15) is 0 Å². The number of carbonyl (C=O) groups excluding carboxylic acids is 1. The zero-order valence-corrected chi connectivity index (χ0v) is 19.2. The van der Waals surface area contributed by atoms with E-state index in [4.69, 9.17) is 0 Å². The highest BCUT2D eigenvalue weighted by Crippen LogP contribution is 2.29. The minimum absolute atomic E-state index is 0.00855. The first kappa shape index (κ1) is 22.5. The maximum Gasteiger partial charge on any atom is 0.242 e. The van der Waals surface area contributed by atoms with Crippen molar-refractivity contribution in [2.24, 2.45) is 0 Å². The lowest BCUT2D eigenvalue weighted by Gasteiger charge is -2.33. The van der Waals surface area contributed by atoms with Crippen LogP contribution in [0.2, 0.25) is 0 Å². The SMILES string of the molecule is CCN(C(=O)Cn1cc(S(=O)(=O)Cc2cccc(F)c2)c2ccccc21)C1CCCCC1. The summed E-state index contributed by atoms with van der Waals surface area (Å²) in [5.41, 5.74) is 1.10. The molecule has 1 aliphatic rings. The Morgan fingerprint density at radius 2 is 1.84 bits per heavy atom. The molecule has 4 rings (SSSR count). The second kappa shape index (κ2) is 9.45. The van der Waals surface area contributed by atoms with Gasteiger partial charge in [-0.05, 0) is 43.5 Å². The van der Waals surface area contributed by atoms with Crippen molar-refractivity contribution in [1.82, 2.24) is 9.47 Å². The fourth-order valence-electron chi connectivity index (χ4n) is 4.78. The summed E-state index contributed by atoms with van der Waals surface area (Å²) in [5.74, 6) is -0.752. The van der Waals surface area contributed by atoms with Crippen LogP contribution in [-0.2, 0) is 26.9 Å². The minimum Gasteiger partial charge on any atom is -0.338 e. The van der Waals surface area contributed by atoms with Gasteiger partial charge in [0.15, 0.2) is 9.84 Å². The van der Waals surface area contributed by atoms with E-state index in [1.165, 1.54) is 24.6 Å². The molecule has 32 heavy (non-hydrogen) atoms. The van der Waals surface area contributed by atoms with E-state index in [0.29, 0.717) is 23.0 Å². The van der Waals surface area contributed by atoms with Crippen LogP contribution in [0.3, 0.4) is 0 Å².